The van der Waals surface area contributed by atoms with Crippen LogP contribution >= 0.6 is 22.9 Å². The van der Waals surface area contributed by atoms with Crippen molar-refractivity contribution in [1.82, 2.24) is 15.2 Å². The van der Waals surface area contributed by atoms with E-state index in [0.717, 1.165) is 29.0 Å². The SMILES string of the molecule is CCCCN(Cc1ncc(Cl)s1)CC1CCCN1. The van der Waals surface area contributed by atoms with Gasteiger partial charge in [0.05, 0.1) is 12.7 Å². The summed E-state index contributed by atoms with van der Waals surface area (Å²) in [5, 5.41) is 4.70. The predicted molar refractivity (Wildman–Crippen MR) is 78.3 cm³/mol. The van der Waals surface area contributed by atoms with Crippen LogP contribution in [0.2, 0.25) is 4.34 Å². The summed E-state index contributed by atoms with van der Waals surface area (Å²) in [6, 6.07) is 0.664. The molecule has 1 aliphatic rings. The summed E-state index contributed by atoms with van der Waals surface area (Å²) in [6.07, 6.45) is 6.88. The van der Waals surface area contributed by atoms with Gasteiger partial charge >= 0.3 is 0 Å². The van der Waals surface area contributed by atoms with Crippen LogP contribution in [0.3, 0.4) is 0 Å². The van der Waals surface area contributed by atoms with Gasteiger partial charge in [0, 0.05) is 12.6 Å². The topological polar surface area (TPSA) is 28.2 Å². The zero-order chi connectivity index (χ0) is 12.8. The average molecular weight is 288 g/mol. The fourth-order valence-corrected chi connectivity index (χ4v) is 3.39. The monoisotopic (exact) mass is 287 g/mol. The molecule has 3 nitrogen and oxygen atoms in total. The van der Waals surface area contributed by atoms with Gasteiger partial charge in [0.2, 0.25) is 0 Å². The lowest BCUT2D eigenvalue weighted by atomic mass is 10.2. The summed E-state index contributed by atoms with van der Waals surface area (Å²) < 4.78 is 0.791. The van der Waals surface area contributed by atoms with Gasteiger partial charge in [-0.1, -0.05) is 24.9 Å². The quantitative estimate of drug-likeness (QED) is 0.835. The average Bonchev–Trinajstić information content (AvgIpc) is 2.98. The molecule has 1 fully saturated rings. The molecule has 0 radical (unpaired) electrons. The van der Waals surface area contributed by atoms with Gasteiger partial charge in [-0.3, -0.25) is 4.90 Å². The Morgan fingerprint density at radius 3 is 3.11 bits per heavy atom. The highest BCUT2D eigenvalue weighted by molar-refractivity contribution is 7.15. The van der Waals surface area contributed by atoms with Gasteiger partial charge < -0.3 is 5.32 Å². The molecule has 0 aliphatic carbocycles. The number of unbranched alkanes of at least 4 members (excludes halogenated alkanes) is 1. The highest BCUT2D eigenvalue weighted by Crippen LogP contribution is 2.20. The van der Waals surface area contributed by atoms with Crippen LogP contribution in [0.1, 0.15) is 37.6 Å². The summed E-state index contributed by atoms with van der Waals surface area (Å²) in [6.45, 7) is 6.65. The number of hydrogen-bond acceptors (Lipinski definition) is 4. The summed E-state index contributed by atoms with van der Waals surface area (Å²) >= 11 is 7.54. The van der Waals surface area contributed by atoms with Crippen LogP contribution in [-0.2, 0) is 6.54 Å². The van der Waals surface area contributed by atoms with Crippen LogP contribution < -0.4 is 5.32 Å². The van der Waals surface area contributed by atoms with Gasteiger partial charge in [-0.15, -0.1) is 11.3 Å². The van der Waals surface area contributed by atoms with Gasteiger partial charge in [-0.2, -0.15) is 0 Å². The molecule has 0 aromatic carbocycles. The van der Waals surface area contributed by atoms with Gasteiger partial charge in [0.15, 0.2) is 0 Å². The predicted octanol–water partition coefficient (Wildman–Crippen LogP) is 3.15. The molecule has 102 valence electrons. The van der Waals surface area contributed by atoms with Gasteiger partial charge in [0.1, 0.15) is 9.34 Å². The molecule has 5 heteroatoms. The first-order valence-corrected chi connectivity index (χ1v) is 8.03. The van der Waals surface area contributed by atoms with E-state index in [2.05, 4.69) is 22.1 Å². The second kappa shape index (κ2) is 7.43. The van der Waals surface area contributed by atoms with E-state index in [-0.39, 0.29) is 0 Å². The second-order valence-electron chi connectivity index (χ2n) is 4.94. The van der Waals surface area contributed by atoms with Gasteiger partial charge in [-0.25, -0.2) is 4.98 Å². The second-order valence-corrected chi connectivity index (χ2v) is 6.69. The number of aromatic nitrogens is 1. The fourth-order valence-electron chi connectivity index (χ4n) is 2.39. The molecule has 0 saturated carbocycles. The Balaban J connectivity index is 1.86. The number of nitrogens with one attached hydrogen (secondary N) is 1. The maximum Gasteiger partial charge on any atom is 0.113 e. The van der Waals surface area contributed by atoms with Crippen LogP contribution in [0, 0.1) is 0 Å². The molecular weight excluding hydrogens is 266 g/mol. The van der Waals surface area contributed by atoms with Crippen molar-refractivity contribution < 1.29 is 0 Å². The first kappa shape index (κ1) is 14.3. The fraction of sp³-hybridized carbons (Fsp3) is 0.769. The molecule has 1 unspecified atom stereocenters. The Labute approximate surface area is 119 Å². The summed E-state index contributed by atoms with van der Waals surface area (Å²) in [5.74, 6) is 0. The third kappa shape index (κ3) is 4.50. The highest BCUT2D eigenvalue weighted by Gasteiger charge is 2.18. The third-order valence-electron chi connectivity index (χ3n) is 3.35. The van der Waals surface area contributed by atoms with E-state index in [1.165, 1.54) is 32.2 Å². The lowest BCUT2D eigenvalue weighted by molar-refractivity contribution is 0.237. The maximum atomic E-state index is 5.94. The van der Waals surface area contributed by atoms with Crippen molar-refractivity contribution in [2.75, 3.05) is 19.6 Å². The molecule has 2 heterocycles. The van der Waals surface area contributed by atoms with E-state index in [1.807, 2.05) is 0 Å². The molecule has 1 atom stereocenters. The molecule has 1 aliphatic heterocycles. The van der Waals surface area contributed by atoms with Crippen LogP contribution in [0.25, 0.3) is 0 Å². The van der Waals surface area contributed by atoms with Gasteiger partial charge in [0.25, 0.3) is 0 Å². The number of hydrogen-bond donors (Lipinski definition) is 1. The number of halogens is 1. The number of rotatable bonds is 7. The molecular formula is C13H22ClN3S. The minimum atomic E-state index is 0.664. The zero-order valence-corrected chi connectivity index (χ0v) is 12.6. The molecule has 1 aromatic heterocycles. The number of nitrogens with zero attached hydrogens (tertiary/aromatic N) is 2. The Bertz CT molecular complexity index is 350. The van der Waals surface area contributed by atoms with Crippen LogP contribution in [0.15, 0.2) is 6.20 Å². The zero-order valence-electron chi connectivity index (χ0n) is 11.0. The molecule has 2 rings (SSSR count). The molecule has 1 aromatic rings. The third-order valence-corrected chi connectivity index (χ3v) is 4.45. The smallest absolute Gasteiger partial charge is 0.113 e. The Morgan fingerprint density at radius 2 is 2.50 bits per heavy atom. The molecule has 0 bridgehead atoms. The standard InChI is InChI=1S/C13H22ClN3S/c1-2-3-7-17(9-11-5-4-6-15-11)10-13-16-8-12(14)18-13/h8,11,15H,2-7,9-10H2,1H3. The van der Waals surface area contributed by atoms with E-state index >= 15 is 0 Å². The Morgan fingerprint density at radius 1 is 1.61 bits per heavy atom. The van der Waals surface area contributed by atoms with Crippen molar-refractivity contribution in [2.24, 2.45) is 0 Å². The van der Waals surface area contributed by atoms with E-state index in [4.69, 9.17) is 11.6 Å². The van der Waals surface area contributed by atoms with Crippen LogP contribution in [0.4, 0.5) is 0 Å². The van der Waals surface area contributed by atoms with E-state index < -0.39 is 0 Å². The minimum absolute atomic E-state index is 0.664. The normalized spacial score (nSPS) is 19.8. The molecule has 0 spiro atoms. The van der Waals surface area contributed by atoms with Crippen LogP contribution in [0.5, 0.6) is 0 Å². The van der Waals surface area contributed by atoms with Crippen molar-refractivity contribution in [3.05, 3.63) is 15.5 Å². The summed E-state index contributed by atoms with van der Waals surface area (Å²) in [4.78, 5) is 6.88. The Kier molecular flexibility index (Phi) is 5.89. The Hall–Kier alpha value is -0.160. The molecule has 18 heavy (non-hydrogen) atoms. The van der Waals surface area contributed by atoms with Crippen LogP contribution in [-0.4, -0.2) is 35.6 Å². The number of thiazole rings is 1. The molecule has 0 amide bonds. The molecule has 1 saturated heterocycles. The first-order chi connectivity index (χ1) is 8.78. The highest BCUT2D eigenvalue weighted by atomic mass is 35.5. The largest absolute Gasteiger partial charge is 0.313 e. The maximum absolute atomic E-state index is 5.94. The summed E-state index contributed by atoms with van der Waals surface area (Å²) in [7, 11) is 0. The molecule has 1 N–H and O–H groups in total. The van der Waals surface area contributed by atoms with E-state index in [1.54, 1.807) is 17.5 Å². The van der Waals surface area contributed by atoms with Crippen molar-refractivity contribution in [3.63, 3.8) is 0 Å². The van der Waals surface area contributed by atoms with Gasteiger partial charge in [-0.05, 0) is 32.4 Å². The lowest BCUT2D eigenvalue weighted by Crippen LogP contribution is -2.37. The van der Waals surface area contributed by atoms with E-state index in [9.17, 15) is 0 Å². The van der Waals surface area contributed by atoms with E-state index in [0.29, 0.717) is 6.04 Å². The van der Waals surface area contributed by atoms with Crippen molar-refractivity contribution in [2.45, 2.75) is 45.2 Å². The minimum Gasteiger partial charge on any atom is -0.313 e. The summed E-state index contributed by atoms with van der Waals surface area (Å²) in [5.41, 5.74) is 0. The van der Waals surface area contributed by atoms with Crippen molar-refractivity contribution >= 4 is 22.9 Å². The first-order valence-electron chi connectivity index (χ1n) is 6.84. The van der Waals surface area contributed by atoms with Crippen molar-refractivity contribution in [3.8, 4) is 0 Å². The lowest BCUT2D eigenvalue weighted by Gasteiger charge is -2.24. The van der Waals surface area contributed by atoms with Crippen molar-refractivity contribution in [1.29, 1.82) is 0 Å².